The van der Waals surface area contributed by atoms with Gasteiger partial charge in [0, 0.05) is 25.7 Å². The number of nitrogens with zero attached hydrogens (tertiary/aromatic N) is 1. The summed E-state index contributed by atoms with van der Waals surface area (Å²) in [6.45, 7) is 3.04. The van der Waals surface area contributed by atoms with Gasteiger partial charge in [-0.25, -0.2) is 4.79 Å². The molecule has 1 aliphatic heterocycles. The maximum absolute atomic E-state index is 10.6. The third-order valence-corrected chi connectivity index (χ3v) is 5.92. The molecule has 180 valence electrons. The molecule has 1 N–H and O–H groups in total. The van der Waals surface area contributed by atoms with Crippen LogP contribution in [0.3, 0.4) is 0 Å². The van der Waals surface area contributed by atoms with Gasteiger partial charge >= 0.3 is 12.1 Å². The number of likely N-dealkylation sites (tertiary alicyclic amines) is 1. The van der Waals surface area contributed by atoms with Gasteiger partial charge < -0.3 is 14.6 Å². The van der Waals surface area contributed by atoms with E-state index in [2.05, 4.69) is 59.5 Å². The van der Waals surface area contributed by atoms with Gasteiger partial charge in [-0.2, -0.15) is 13.2 Å². The molecule has 2 aromatic rings. The molecular weight excluding hydrogens is 435 g/mol. The minimum absolute atomic E-state index is 0.356. The van der Waals surface area contributed by atoms with Crippen molar-refractivity contribution in [3.8, 4) is 5.75 Å². The zero-order valence-electron chi connectivity index (χ0n) is 18.6. The van der Waals surface area contributed by atoms with Crippen molar-refractivity contribution in [3.63, 3.8) is 0 Å². The average Bonchev–Trinajstić information content (AvgIpc) is 3.56. The lowest BCUT2D eigenvalue weighted by Gasteiger charge is -2.28. The smallest absolute Gasteiger partial charge is 0.490 e. The van der Waals surface area contributed by atoms with E-state index >= 15 is 0 Å². The summed E-state index contributed by atoms with van der Waals surface area (Å²) in [5, 5.41) is 7.12. The van der Waals surface area contributed by atoms with Crippen molar-refractivity contribution in [1.82, 2.24) is 4.90 Å². The predicted molar refractivity (Wildman–Crippen MR) is 118 cm³/mol. The first-order chi connectivity index (χ1) is 15.8. The molecule has 0 radical (unpaired) electrons. The standard InChI is InChI=1S/C23H29NO2.C2HF3O2/c1-25-21-11-9-19(10-12-21)16-24-14-13-23(26-17-20-7-8-20)22(24)15-18-5-3-2-4-6-18;3-2(4,5)1(6)7/h2-6,9-12,20,22-23H,7-8,13-17H2,1H3;(H,6,7)/t22-,23+;/m0./s1. The molecule has 8 heteroatoms. The maximum Gasteiger partial charge on any atom is 0.490 e. The summed E-state index contributed by atoms with van der Waals surface area (Å²) in [5.41, 5.74) is 2.74. The minimum Gasteiger partial charge on any atom is -0.497 e. The maximum atomic E-state index is 10.6. The molecular formula is C25H30F3NO4. The number of halogens is 3. The van der Waals surface area contributed by atoms with Crippen LogP contribution in [0.1, 0.15) is 30.4 Å². The Morgan fingerprint density at radius 1 is 1.03 bits per heavy atom. The van der Waals surface area contributed by atoms with E-state index in [-0.39, 0.29) is 0 Å². The van der Waals surface area contributed by atoms with Crippen LogP contribution < -0.4 is 4.74 Å². The normalized spacial score (nSPS) is 20.7. The zero-order valence-corrected chi connectivity index (χ0v) is 18.6. The van der Waals surface area contributed by atoms with Crippen LogP contribution in [-0.2, 0) is 22.5 Å². The largest absolute Gasteiger partial charge is 0.497 e. The first-order valence-corrected chi connectivity index (χ1v) is 11.1. The summed E-state index contributed by atoms with van der Waals surface area (Å²) in [6.07, 6.45) is 0.179. The zero-order chi connectivity index (χ0) is 23.8. The molecule has 2 aromatic carbocycles. The predicted octanol–water partition coefficient (Wildman–Crippen LogP) is 4.94. The van der Waals surface area contributed by atoms with E-state index < -0.39 is 12.1 Å². The highest BCUT2D eigenvalue weighted by molar-refractivity contribution is 5.73. The average molecular weight is 466 g/mol. The van der Waals surface area contributed by atoms with Gasteiger partial charge in [0.25, 0.3) is 0 Å². The third-order valence-electron chi connectivity index (χ3n) is 5.92. The van der Waals surface area contributed by atoms with Crippen molar-refractivity contribution >= 4 is 5.97 Å². The summed E-state index contributed by atoms with van der Waals surface area (Å²) < 4.78 is 43.4. The van der Waals surface area contributed by atoms with Crippen LogP contribution in [0, 0.1) is 5.92 Å². The Morgan fingerprint density at radius 2 is 1.67 bits per heavy atom. The van der Waals surface area contributed by atoms with Crippen molar-refractivity contribution in [2.24, 2.45) is 5.92 Å². The number of carboxylic acid groups (broad SMARTS) is 1. The van der Waals surface area contributed by atoms with Crippen LogP contribution in [0.4, 0.5) is 13.2 Å². The van der Waals surface area contributed by atoms with Crippen molar-refractivity contribution in [1.29, 1.82) is 0 Å². The molecule has 0 bridgehead atoms. The number of carboxylic acids is 1. The SMILES string of the molecule is COc1ccc(CN2CC[C@@H](OCC3CC3)[C@@H]2Cc2ccccc2)cc1.O=C(O)C(F)(F)F. The second-order valence-electron chi connectivity index (χ2n) is 8.48. The Hall–Kier alpha value is -2.58. The fraction of sp³-hybridized carbons (Fsp3) is 0.480. The van der Waals surface area contributed by atoms with Gasteiger partial charge in [-0.15, -0.1) is 0 Å². The molecule has 0 amide bonds. The number of aliphatic carboxylic acids is 1. The molecule has 1 heterocycles. The summed E-state index contributed by atoms with van der Waals surface area (Å²) in [5.74, 6) is -1.02. The van der Waals surface area contributed by atoms with Gasteiger partial charge in [-0.05, 0) is 54.9 Å². The molecule has 4 rings (SSSR count). The fourth-order valence-corrected chi connectivity index (χ4v) is 3.90. The number of hydrogen-bond donors (Lipinski definition) is 1. The molecule has 0 unspecified atom stereocenters. The molecule has 5 nitrogen and oxygen atoms in total. The Balaban J connectivity index is 0.000000383. The van der Waals surface area contributed by atoms with E-state index in [1.807, 2.05) is 0 Å². The van der Waals surface area contributed by atoms with E-state index in [0.29, 0.717) is 12.1 Å². The van der Waals surface area contributed by atoms with E-state index in [9.17, 15) is 13.2 Å². The van der Waals surface area contributed by atoms with Crippen LogP contribution in [0.2, 0.25) is 0 Å². The summed E-state index contributed by atoms with van der Waals surface area (Å²) >= 11 is 0. The quantitative estimate of drug-likeness (QED) is 0.599. The number of carbonyl (C=O) groups is 1. The number of rotatable bonds is 8. The number of benzene rings is 2. The van der Waals surface area contributed by atoms with E-state index in [1.54, 1.807) is 7.11 Å². The molecule has 0 aromatic heterocycles. The third kappa shape index (κ3) is 8.05. The van der Waals surface area contributed by atoms with Crippen molar-refractivity contribution in [2.75, 3.05) is 20.3 Å². The van der Waals surface area contributed by atoms with Gasteiger partial charge in [-0.1, -0.05) is 42.5 Å². The van der Waals surface area contributed by atoms with Crippen LogP contribution in [0.5, 0.6) is 5.75 Å². The summed E-state index contributed by atoms with van der Waals surface area (Å²) in [7, 11) is 1.72. The summed E-state index contributed by atoms with van der Waals surface area (Å²) in [6, 6.07) is 19.8. The van der Waals surface area contributed by atoms with Crippen LogP contribution in [0.25, 0.3) is 0 Å². The molecule has 2 aliphatic rings. The topological polar surface area (TPSA) is 59.0 Å². The highest BCUT2D eigenvalue weighted by Crippen LogP contribution is 2.32. The lowest BCUT2D eigenvalue weighted by Crippen LogP contribution is -2.38. The van der Waals surface area contributed by atoms with E-state index in [4.69, 9.17) is 19.4 Å². The number of ether oxygens (including phenoxy) is 2. The molecule has 2 atom stereocenters. The van der Waals surface area contributed by atoms with Crippen LogP contribution in [0.15, 0.2) is 54.6 Å². The molecule has 1 saturated heterocycles. The minimum atomic E-state index is -5.08. The Morgan fingerprint density at radius 3 is 2.21 bits per heavy atom. The Kier molecular flexibility index (Phi) is 8.74. The van der Waals surface area contributed by atoms with Gasteiger partial charge in [0.15, 0.2) is 0 Å². The highest BCUT2D eigenvalue weighted by atomic mass is 19.4. The number of methoxy groups -OCH3 is 1. The molecule has 0 spiro atoms. The van der Waals surface area contributed by atoms with Crippen molar-refractivity contribution < 1.29 is 32.5 Å². The number of hydrogen-bond acceptors (Lipinski definition) is 4. The summed E-state index contributed by atoms with van der Waals surface area (Å²) in [4.78, 5) is 11.5. The van der Waals surface area contributed by atoms with Crippen molar-refractivity contribution in [3.05, 3.63) is 65.7 Å². The fourth-order valence-electron chi connectivity index (χ4n) is 3.90. The van der Waals surface area contributed by atoms with Gasteiger partial charge in [0.1, 0.15) is 5.75 Å². The first-order valence-electron chi connectivity index (χ1n) is 11.1. The molecule has 2 fully saturated rings. The highest BCUT2D eigenvalue weighted by Gasteiger charge is 2.38. The second-order valence-corrected chi connectivity index (χ2v) is 8.48. The molecule has 33 heavy (non-hydrogen) atoms. The Labute approximate surface area is 192 Å². The monoisotopic (exact) mass is 465 g/mol. The van der Waals surface area contributed by atoms with Gasteiger partial charge in [0.05, 0.1) is 13.2 Å². The lowest BCUT2D eigenvalue weighted by molar-refractivity contribution is -0.192. The second kappa shape index (κ2) is 11.5. The van der Waals surface area contributed by atoms with Crippen LogP contribution >= 0.6 is 0 Å². The first kappa shape index (κ1) is 25.1. The van der Waals surface area contributed by atoms with E-state index in [0.717, 1.165) is 44.2 Å². The Bertz CT molecular complexity index is 869. The molecule has 1 aliphatic carbocycles. The van der Waals surface area contributed by atoms with Crippen molar-refractivity contribution in [2.45, 2.75) is 50.6 Å². The van der Waals surface area contributed by atoms with Crippen LogP contribution in [-0.4, -0.2) is 54.6 Å². The molecule has 1 saturated carbocycles. The number of alkyl halides is 3. The van der Waals surface area contributed by atoms with Gasteiger partial charge in [-0.3, -0.25) is 4.90 Å². The lowest BCUT2D eigenvalue weighted by atomic mass is 10.0. The van der Waals surface area contributed by atoms with E-state index in [1.165, 1.54) is 24.0 Å². The van der Waals surface area contributed by atoms with Gasteiger partial charge in [0.2, 0.25) is 0 Å².